The van der Waals surface area contributed by atoms with Gasteiger partial charge in [-0.05, 0) is 77.0 Å². The predicted octanol–water partition coefficient (Wildman–Crippen LogP) is 11.3. The maximum absolute atomic E-state index is 12.6. The number of carbonyl (C=O) groups is 2. The van der Waals surface area contributed by atoms with Crippen LogP contribution in [0.15, 0.2) is 60.8 Å². The van der Waals surface area contributed by atoms with E-state index in [1.807, 2.05) is 0 Å². The van der Waals surface area contributed by atoms with Crippen LogP contribution in [0.5, 0.6) is 0 Å². The number of ether oxygens (including phenoxy) is 2. The Morgan fingerprint density at radius 3 is 1.63 bits per heavy atom. The maximum atomic E-state index is 12.6. The molecular formula is C43H76NO9P. The van der Waals surface area contributed by atoms with Crippen LogP contribution in [-0.4, -0.2) is 60.5 Å². The number of phosphoric ester groups is 1. The Labute approximate surface area is 328 Å². The third-order valence-electron chi connectivity index (χ3n) is 8.53. The highest BCUT2D eigenvalue weighted by molar-refractivity contribution is 7.47. The van der Waals surface area contributed by atoms with E-state index >= 15 is 0 Å². The molecule has 4 N–H and O–H groups in total. The fourth-order valence-electron chi connectivity index (χ4n) is 5.29. The molecule has 0 spiro atoms. The van der Waals surface area contributed by atoms with Crippen molar-refractivity contribution < 1.29 is 42.7 Å². The summed E-state index contributed by atoms with van der Waals surface area (Å²) < 4.78 is 33.3. The lowest BCUT2D eigenvalue weighted by Gasteiger charge is -2.20. The van der Waals surface area contributed by atoms with Gasteiger partial charge in [0, 0.05) is 13.0 Å². The van der Waals surface area contributed by atoms with E-state index < -0.39 is 45.1 Å². The fraction of sp³-hybridized carbons (Fsp3) is 0.721. The van der Waals surface area contributed by atoms with Crippen molar-refractivity contribution in [1.29, 1.82) is 0 Å². The molecule has 0 radical (unpaired) electrons. The van der Waals surface area contributed by atoms with Crippen LogP contribution in [-0.2, 0) is 32.7 Å². The molecule has 0 heterocycles. The van der Waals surface area contributed by atoms with Crippen molar-refractivity contribution in [3.63, 3.8) is 0 Å². The fourth-order valence-corrected chi connectivity index (χ4v) is 6.07. The highest BCUT2D eigenvalue weighted by Gasteiger charge is 2.27. The van der Waals surface area contributed by atoms with Gasteiger partial charge in [-0.1, -0.05) is 139 Å². The van der Waals surface area contributed by atoms with Crippen LogP contribution >= 0.6 is 7.82 Å². The summed E-state index contributed by atoms with van der Waals surface area (Å²) in [5.74, 6) is -1.81. The average molecular weight is 782 g/mol. The molecule has 3 unspecified atom stereocenters. The van der Waals surface area contributed by atoms with E-state index in [-0.39, 0.29) is 13.0 Å². The molecule has 3 atom stereocenters. The SMILES string of the molecule is CC/C=C\C/C=C\C/C=C\C/C=C\CCCCCOCC(COP(=O)(O)OCC(N)C(=O)O)OC(=O)CCCCCCC/C=C\CCCCCCCCC. The van der Waals surface area contributed by atoms with E-state index in [9.17, 15) is 19.0 Å². The topological polar surface area (TPSA) is 155 Å². The number of hydrogen-bond acceptors (Lipinski definition) is 8. The standard InChI is InChI=1S/C43H76NO9P/c1-3-5-7-9-11-13-15-17-19-21-23-25-27-29-31-33-35-42(45)53-40(38-51-54(48,49)52-39-41(44)43(46)47)37-50-36-34-32-30-28-26-24-22-20-18-16-14-12-10-8-6-4-2/h6,8,12,14,18-21,24,26,40-41H,3-5,7,9-11,13,15-17,22-23,25,27-39,44H2,1-2H3,(H,46,47)(H,48,49)/b8-6-,14-12-,20-18-,21-19-,26-24-. The van der Waals surface area contributed by atoms with Crippen molar-refractivity contribution in [3.05, 3.63) is 60.8 Å². The monoisotopic (exact) mass is 782 g/mol. The average Bonchev–Trinajstić information content (AvgIpc) is 3.15. The number of hydrogen-bond donors (Lipinski definition) is 3. The zero-order chi connectivity index (χ0) is 39.8. The van der Waals surface area contributed by atoms with Gasteiger partial charge in [0.1, 0.15) is 12.1 Å². The van der Waals surface area contributed by atoms with Crippen molar-refractivity contribution in [1.82, 2.24) is 0 Å². The number of rotatable bonds is 39. The van der Waals surface area contributed by atoms with Crippen molar-refractivity contribution in [2.24, 2.45) is 5.73 Å². The van der Waals surface area contributed by atoms with Gasteiger partial charge in [0.05, 0.1) is 19.8 Å². The summed E-state index contributed by atoms with van der Waals surface area (Å²) in [6.07, 6.45) is 45.6. The second-order valence-electron chi connectivity index (χ2n) is 13.7. The first-order valence-electron chi connectivity index (χ1n) is 20.8. The largest absolute Gasteiger partial charge is 0.480 e. The van der Waals surface area contributed by atoms with Gasteiger partial charge in [0.15, 0.2) is 0 Å². The van der Waals surface area contributed by atoms with E-state index in [1.54, 1.807) is 0 Å². The lowest BCUT2D eigenvalue weighted by atomic mass is 10.1. The quantitative estimate of drug-likeness (QED) is 0.0237. The van der Waals surface area contributed by atoms with Crippen molar-refractivity contribution in [2.75, 3.05) is 26.4 Å². The van der Waals surface area contributed by atoms with Crippen LogP contribution in [0.25, 0.3) is 0 Å². The molecule has 0 rings (SSSR count). The molecular weight excluding hydrogens is 705 g/mol. The molecule has 0 aliphatic carbocycles. The zero-order valence-electron chi connectivity index (χ0n) is 33.8. The molecule has 11 heteroatoms. The summed E-state index contributed by atoms with van der Waals surface area (Å²) >= 11 is 0. The first-order chi connectivity index (χ1) is 26.2. The highest BCUT2D eigenvalue weighted by atomic mass is 31.2. The predicted molar refractivity (Wildman–Crippen MR) is 221 cm³/mol. The van der Waals surface area contributed by atoms with Crippen LogP contribution < -0.4 is 5.73 Å². The zero-order valence-corrected chi connectivity index (χ0v) is 34.7. The van der Waals surface area contributed by atoms with Gasteiger partial charge < -0.3 is 25.2 Å². The van der Waals surface area contributed by atoms with E-state index in [4.69, 9.17) is 29.4 Å². The molecule has 0 aliphatic rings. The van der Waals surface area contributed by atoms with Crippen LogP contribution in [0.2, 0.25) is 0 Å². The third-order valence-corrected chi connectivity index (χ3v) is 9.48. The molecule has 0 fully saturated rings. The smallest absolute Gasteiger partial charge is 0.472 e. The van der Waals surface area contributed by atoms with E-state index in [0.29, 0.717) is 13.0 Å². The van der Waals surface area contributed by atoms with Crippen LogP contribution in [0.3, 0.4) is 0 Å². The second-order valence-corrected chi connectivity index (χ2v) is 15.2. The Kier molecular flexibility index (Phi) is 37.2. The van der Waals surface area contributed by atoms with Gasteiger partial charge in [-0.15, -0.1) is 0 Å². The molecule has 0 saturated carbocycles. The van der Waals surface area contributed by atoms with Gasteiger partial charge in [-0.2, -0.15) is 0 Å². The van der Waals surface area contributed by atoms with Crippen LogP contribution in [0, 0.1) is 0 Å². The normalized spacial score (nSPS) is 14.6. The molecule has 0 amide bonds. The summed E-state index contributed by atoms with van der Waals surface area (Å²) in [7, 11) is -4.63. The van der Waals surface area contributed by atoms with Crippen LogP contribution in [0.4, 0.5) is 0 Å². The number of nitrogens with two attached hydrogens (primary N) is 1. The minimum atomic E-state index is -4.63. The van der Waals surface area contributed by atoms with Gasteiger partial charge in [-0.3, -0.25) is 18.6 Å². The van der Waals surface area contributed by atoms with Gasteiger partial charge in [0.25, 0.3) is 0 Å². The van der Waals surface area contributed by atoms with E-state index in [2.05, 4.69) is 74.6 Å². The second kappa shape index (κ2) is 38.9. The Morgan fingerprint density at radius 1 is 0.611 bits per heavy atom. The summed E-state index contributed by atoms with van der Waals surface area (Å²) in [6, 6.07) is -1.48. The van der Waals surface area contributed by atoms with Crippen molar-refractivity contribution in [2.45, 2.75) is 174 Å². The minimum absolute atomic E-state index is 0.0102. The first-order valence-corrected chi connectivity index (χ1v) is 22.3. The third kappa shape index (κ3) is 38.0. The number of allylic oxidation sites excluding steroid dienone is 10. The molecule has 54 heavy (non-hydrogen) atoms. The number of carboxylic acids is 1. The lowest BCUT2D eigenvalue weighted by molar-refractivity contribution is -0.154. The van der Waals surface area contributed by atoms with Gasteiger partial charge in [-0.25, -0.2) is 4.57 Å². The Balaban J connectivity index is 4.35. The minimum Gasteiger partial charge on any atom is -0.480 e. The van der Waals surface area contributed by atoms with E-state index in [1.165, 1.54) is 51.4 Å². The number of carbonyl (C=O) groups excluding carboxylic acids is 1. The molecule has 0 bridgehead atoms. The van der Waals surface area contributed by atoms with Crippen molar-refractivity contribution >= 4 is 19.8 Å². The Hall–Kier alpha value is -2.33. The summed E-state index contributed by atoms with van der Waals surface area (Å²) in [5, 5.41) is 8.88. The molecule has 312 valence electrons. The molecule has 0 aromatic rings. The molecule has 0 saturated heterocycles. The number of esters is 1. The molecule has 0 aromatic heterocycles. The highest BCUT2D eigenvalue weighted by Crippen LogP contribution is 2.43. The van der Waals surface area contributed by atoms with Gasteiger partial charge in [0.2, 0.25) is 0 Å². The number of unbranched alkanes of at least 4 members (excludes halogenated alkanes) is 15. The number of carboxylic acid groups (broad SMARTS) is 1. The lowest BCUT2D eigenvalue weighted by Crippen LogP contribution is -2.34. The summed E-state index contributed by atoms with van der Waals surface area (Å²) in [6.45, 7) is 3.66. The van der Waals surface area contributed by atoms with Crippen LogP contribution in [0.1, 0.15) is 162 Å². The number of phosphoric acid groups is 1. The van der Waals surface area contributed by atoms with E-state index in [0.717, 1.165) is 83.5 Å². The Morgan fingerprint density at radius 2 is 1.07 bits per heavy atom. The molecule has 0 aliphatic heterocycles. The van der Waals surface area contributed by atoms with Gasteiger partial charge >= 0.3 is 19.8 Å². The summed E-state index contributed by atoms with van der Waals surface area (Å²) in [4.78, 5) is 33.5. The van der Waals surface area contributed by atoms with Crippen molar-refractivity contribution in [3.8, 4) is 0 Å². The maximum Gasteiger partial charge on any atom is 0.472 e. The first kappa shape index (κ1) is 51.7. The Bertz CT molecular complexity index is 1090. The molecule has 10 nitrogen and oxygen atoms in total. The molecule has 0 aromatic carbocycles. The summed E-state index contributed by atoms with van der Waals surface area (Å²) in [5.41, 5.74) is 5.34. The number of aliphatic carboxylic acids is 1.